The zero-order valence-corrected chi connectivity index (χ0v) is 18.5. The molecule has 1 N–H and O–H groups in total. The molecule has 1 fully saturated rings. The molecule has 2 aromatic carbocycles. The Morgan fingerprint density at radius 2 is 1.84 bits per heavy atom. The van der Waals surface area contributed by atoms with Gasteiger partial charge in [-0.1, -0.05) is 41.0 Å². The number of carbonyl (C=O) groups is 1. The molecule has 1 saturated heterocycles. The summed E-state index contributed by atoms with van der Waals surface area (Å²) in [4.78, 5) is 15.0. The van der Waals surface area contributed by atoms with Crippen LogP contribution < -0.4 is 0 Å². The maximum atomic E-state index is 14.5. The third kappa shape index (κ3) is 3.75. The molecule has 3 aromatic rings. The second-order valence-corrected chi connectivity index (χ2v) is 8.54. The van der Waals surface area contributed by atoms with Crippen molar-refractivity contribution in [1.82, 2.24) is 10.1 Å². The fraction of sp³-hybridized carbons (Fsp3) is 0.333. The minimum atomic E-state index is -0.992. The van der Waals surface area contributed by atoms with E-state index in [-0.39, 0.29) is 27.8 Å². The van der Waals surface area contributed by atoms with Crippen LogP contribution in [0.4, 0.5) is 4.39 Å². The first kappa shape index (κ1) is 21.5. The Labute approximate surface area is 185 Å². The van der Waals surface area contributed by atoms with Crippen LogP contribution in [-0.2, 0) is 5.60 Å². The number of aryl methyl sites for hydroxylation is 2. The Kier molecular flexibility index (Phi) is 5.62. The van der Waals surface area contributed by atoms with Crippen LogP contribution in [0.3, 0.4) is 0 Å². The Balaban J connectivity index is 1.61. The van der Waals surface area contributed by atoms with Gasteiger partial charge in [-0.2, -0.15) is 0 Å². The van der Waals surface area contributed by atoms with Crippen molar-refractivity contribution in [2.75, 3.05) is 13.1 Å². The zero-order chi connectivity index (χ0) is 22.3. The Hall–Kier alpha value is -2.70. The molecule has 162 valence electrons. The van der Waals surface area contributed by atoms with Crippen LogP contribution in [0.25, 0.3) is 11.3 Å². The maximum Gasteiger partial charge on any atom is 0.259 e. The number of hydrogen-bond acceptors (Lipinski definition) is 4. The summed E-state index contributed by atoms with van der Waals surface area (Å²) in [6.07, 6.45) is 0.812. The first-order chi connectivity index (χ1) is 14.7. The zero-order valence-electron chi connectivity index (χ0n) is 17.7. The van der Waals surface area contributed by atoms with E-state index in [1.165, 1.54) is 12.1 Å². The van der Waals surface area contributed by atoms with Crippen molar-refractivity contribution in [3.63, 3.8) is 0 Å². The van der Waals surface area contributed by atoms with E-state index in [0.29, 0.717) is 31.7 Å². The Morgan fingerprint density at radius 1 is 1.16 bits per heavy atom. The van der Waals surface area contributed by atoms with Crippen LogP contribution in [0, 0.1) is 26.6 Å². The molecule has 0 spiro atoms. The van der Waals surface area contributed by atoms with E-state index in [1.54, 1.807) is 17.9 Å². The first-order valence-electron chi connectivity index (χ1n) is 10.2. The van der Waals surface area contributed by atoms with Gasteiger partial charge in [0, 0.05) is 13.1 Å². The molecule has 0 bridgehead atoms. The number of likely N-dealkylation sites (tertiary alicyclic amines) is 1. The molecule has 2 heterocycles. The van der Waals surface area contributed by atoms with Gasteiger partial charge in [-0.05, 0) is 62.4 Å². The lowest BCUT2D eigenvalue weighted by Gasteiger charge is -2.39. The van der Waals surface area contributed by atoms with Crippen molar-refractivity contribution in [2.45, 2.75) is 39.2 Å². The van der Waals surface area contributed by atoms with Gasteiger partial charge < -0.3 is 14.5 Å². The van der Waals surface area contributed by atoms with Gasteiger partial charge in [-0.15, -0.1) is 0 Å². The summed E-state index contributed by atoms with van der Waals surface area (Å²) in [5.74, 6) is -0.580. The summed E-state index contributed by atoms with van der Waals surface area (Å²) in [6.45, 7) is 6.36. The fourth-order valence-corrected chi connectivity index (χ4v) is 4.53. The van der Waals surface area contributed by atoms with E-state index in [0.717, 1.165) is 16.7 Å². The topological polar surface area (TPSA) is 66.6 Å². The highest BCUT2D eigenvalue weighted by Gasteiger charge is 2.38. The number of piperidine rings is 1. The molecule has 1 amide bonds. The van der Waals surface area contributed by atoms with Gasteiger partial charge in [0.25, 0.3) is 5.91 Å². The highest BCUT2D eigenvalue weighted by Crippen LogP contribution is 2.38. The minimum absolute atomic E-state index is 0.0493. The number of aromatic nitrogens is 1. The second kappa shape index (κ2) is 8.09. The van der Waals surface area contributed by atoms with Crippen molar-refractivity contribution in [3.05, 3.63) is 75.3 Å². The lowest BCUT2D eigenvalue weighted by Crippen LogP contribution is -2.45. The number of halogens is 2. The number of carbonyl (C=O) groups excluding carboxylic acids is 1. The second-order valence-electron chi connectivity index (χ2n) is 8.13. The van der Waals surface area contributed by atoms with Crippen LogP contribution in [-0.4, -0.2) is 34.2 Å². The molecule has 1 aromatic heterocycles. The SMILES string of the molecule is Cc1cccc(C2(O)CCN(C(=O)c3c(-c4c(F)cccc4Cl)noc3C)CC2)c1C. The molecule has 1 aliphatic rings. The van der Waals surface area contributed by atoms with Gasteiger partial charge in [-0.3, -0.25) is 4.79 Å². The molecule has 0 saturated carbocycles. The van der Waals surface area contributed by atoms with E-state index in [1.807, 2.05) is 32.0 Å². The molecule has 0 aliphatic carbocycles. The number of nitrogens with zero attached hydrogens (tertiary/aromatic N) is 2. The molecule has 1 aliphatic heterocycles. The summed E-state index contributed by atoms with van der Waals surface area (Å²) in [5.41, 5.74) is 2.44. The Bertz CT molecular complexity index is 1130. The van der Waals surface area contributed by atoms with Crippen molar-refractivity contribution < 1.29 is 18.8 Å². The van der Waals surface area contributed by atoms with Crippen molar-refractivity contribution in [1.29, 1.82) is 0 Å². The molecular formula is C24H24ClFN2O3. The smallest absolute Gasteiger partial charge is 0.259 e. The fourth-order valence-electron chi connectivity index (χ4n) is 4.28. The molecule has 5 nitrogen and oxygen atoms in total. The lowest BCUT2D eigenvalue weighted by molar-refractivity contribution is -0.0216. The quantitative estimate of drug-likeness (QED) is 0.606. The normalized spacial score (nSPS) is 15.9. The van der Waals surface area contributed by atoms with E-state index in [4.69, 9.17) is 16.1 Å². The van der Waals surface area contributed by atoms with Gasteiger partial charge in [0.2, 0.25) is 0 Å². The van der Waals surface area contributed by atoms with Crippen molar-refractivity contribution in [3.8, 4) is 11.3 Å². The summed E-state index contributed by atoms with van der Waals surface area (Å²) < 4.78 is 19.7. The summed E-state index contributed by atoms with van der Waals surface area (Å²) in [5, 5.41) is 15.4. The average molecular weight is 443 g/mol. The van der Waals surface area contributed by atoms with Crippen LogP contribution >= 0.6 is 11.6 Å². The van der Waals surface area contributed by atoms with E-state index in [9.17, 15) is 14.3 Å². The third-order valence-corrected chi connectivity index (χ3v) is 6.57. The average Bonchev–Trinajstić information content (AvgIpc) is 3.11. The van der Waals surface area contributed by atoms with Gasteiger partial charge in [0.15, 0.2) is 0 Å². The van der Waals surface area contributed by atoms with E-state index in [2.05, 4.69) is 5.16 Å². The van der Waals surface area contributed by atoms with Gasteiger partial charge in [0.1, 0.15) is 22.8 Å². The number of hydrogen-bond donors (Lipinski definition) is 1. The van der Waals surface area contributed by atoms with Crippen LogP contribution in [0.1, 0.15) is 45.7 Å². The standard InChI is InChI=1S/C24H24ClFN2O3/c1-14-6-4-7-17(15(14)2)24(30)10-12-28(13-11-24)23(29)20-16(3)31-27-22(20)21-18(25)8-5-9-19(21)26/h4-9,30H,10-13H2,1-3H3. The lowest BCUT2D eigenvalue weighted by atomic mass is 9.81. The third-order valence-electron chi connectivity index (χ3n) is 6.26. The molecule has 31 heavy (non-hydrogen) atoms. The van der Waals surface area contributed by atoms with Crippen molar-refractivity contribution >= 4 is 17.5 Å². The summed E-state index contributed by atoms with van der Waals surface area (Å²) in [7, 11) is 0. The summed E-state index contributed by atoms with van der Waals surface area (Å²) in [6, 6.07) is 10.2. The number of aliphatic hydroxyl groups is 1. The highest BCUT2D eigenvalue weighted by molar-refractivity contribution is 6.33. The van der Waals surface area contributed by atoms with Crippen molar-refractivity contribution in [2.24, 2.45) is 0 Å². The number of rotatable bonds is 3. The maximum absolute atomic E-state index is 14.5. The highest BCUT2D eigenvalue weighted by atomic mass is 35.5. The van der Waals surface area contributed by atoms with E-state index >= 15 is 0 Å². The van der Waals surface area contributed by atoms with Gasteiger partial charge in [0.05, 0.1) is 16.2 Å². The first-order valence-corrected chi connectivity index (χ1v) is 10.6. The summed E-state index contributed by atoms with van der Waals surface area (Å²) >= 11 is 6.19. The predicted molar refractivity (Wildman–Crippen MR) is 117 cm³/mol. The van der Waals surface area contributed by atoms with Gasteiger partial charge in [-0.25, -0.2) is 4.39 Å². The van der Waals surface area contributed by atoms with Crippen LogP contribution in [0.2, 0.25) is 5.02 Å². The molecule has 0 atom stereocenters. The monoisotopic (exact) mass is 442 g/mol. The molecule has 0 unspecified atom stereocenters. The minimum Gasteiger partial charge on any atom is -0.385 e. The molecule has 0 radical (unpaired) electrons. The molecule has 7 heteroatoms. The van der Waals surface area contributed by atoms with Crippen LogP contribution in [0.15, 0.2) is 40.9 Å². The van der Waals surface area contributed by atoms with Gasteiger partial charge >= 0.3 is 0 Å². The Morgan fingerprint density at radius 3 is 2.52 bits per heavy atom. The largest absolute Gasteiger partial charge is 0.385 e. The molecule has 4 rings (SSSR count). The van der Waals surface area contributed by atoms with E-state index < -0.39 is 11.4 Å². The van der Waals surface area contributed by atoms with Crippen LogP contribution in [0.5, 0.6) is 0 Å². The molecular weight excluding hydrogens is 419 g/mol. The number of benzene rings is 2. The predicted octanol–water partition coefficient (Wildman–Crippen LogP) is 5.18. The number of amides is 1.